The number of carbonyl (C=O) groups is 1. The quantitative estimate of drug-likeness (QED) is 0.210. The van der Waals surface area contributed by atoms with E-state index in [1.165, 1.54) is 59.0 Å². The summed E-state index contributed by atoms with van der Waals surface area (Å²) in [5, 5.41) is 16.2. The monoisotopic (exact) mass is 458 g/mol. The molecule has 0 saturated carbocycles. The fourth-order valence-electron chi connectivity index (χ4n) is 2.15. The van der Waals surface area contributed by atoms with Crippen molar-refractivity contribution >= 4 is 23.9 Å². The zero-order valence-corrected chi connectivity index (χ0v) is 16.5. The number of aromatic nitrogens is 5. The highest BCUT2D eigenvalue weighted by atomic mass is 32.2. The Morgan fingerprint density at radius 2 is 2.16 bits per heavy atom. The van der Waals surface area contributed by atoms with E-state index in [-0.39, 0.29) is 11.6 Å². The van der Waals surface area contributed by atoms with Crippen molar-refractivity contribution in [2.24, 2.45) is 5.10 Å². The third-order valence-corrected chi connectivity index (χ3v) is 4.48. The highest BCUT2D eigenvalue weighted by molar-refractivity contribution is 7.98. The van der Waals surface area contributed by atoms with Gasteiger partial charge in [-0.3, -0.25) is 4.68 Å². The number of carbonyl (C=O) groups excluding carboxylic acids is 1. The maximum atomic E-state index is 13.1. The zero-order chi connectivity index (χ0) is 22.4. The van der Waals surface area contributed by atoms with Crippen LogP contribution in [0.15, 0.2) is 53.1 Å². The normalized spacial score (nSPS) is 11.9. The van der Waals surface area contributed by atoms with Crippen molar-refractivity contribution in [2.45, 2.75) is 23.6 Å². The lowest BCUT2D eigenvalue weighted by molar-refractivity contribution is -0.253. The minimum atomic E-state index is -4.60. The molecule has 0 spiro atoms. The Hall–Kier alpha value is -3.42. The summed E-state index contributed by atoms with van der Waals surface area (Å²) in [4.78, 5) is 11.4. The molecular formula is C17H14F4N6O3S. The number of alkyl halides is 4. The van der Waals surface area contributed by atoms with Gasteiger partial charge < -0.3 is 9.47 Å². The van der Waals surface area contributed by atoms with E-state index in [1.54, 1.807) is 6.20 Å². The third-order valence-electron chi connectivity index (χ3n) is 3.56. The van der Waals surface area contributed by atoms with Crippen LogP contribution in [0.2, 0.25) is 0 Å². The lowest BCUT2D eigenvalue weighted by Gasteiger charge is -2.16. The summed E-state index contributed by atoms with van der Waals surface area (Å²) >= 11 is 1.21. The van der Waals surface area contributed by atoms with Crippen molar-refractivity contribution in [3.63, 3.8) is 0 Å². The van der Waals surface area contributed by atoms with E-state index in [2.05, 4.69) is 29.9 Å². The molecule has 0 fully saturated rings. The molecule has 31 heavy (non-hydrogen) atoms. The Balaban J connectivity index is 1.65. The van der Waals surface area contributed by atoms with Crippen molar-refractivity contribution in [3.8, 4) is 5.75 Å². The van der Waals surface area contributed by atoms with Crippen LogP contribution in [0.3, 0.4) is 0 Å². The van der Waals surface area contributed by atoms with E-state index in [1.807, 2.05) is 0 Å². The van der Waals surface area contributed by atoms with Gasteiger partial charge in [-0.15, -0.1) is 10.2 Å². The van der Waals surface area contributed by atoms with Crippen LogP contribution in [0.5, 0.6) is 5.75 Å². The molecule has 3 aromatic rings. The Bertz CT molecular complexity index is 1070. The van der Waals surface area contributed by atoms with E-state index in [0.29, 0.717) is 10.7 Å². The number of rotatable bonds is 9. The van der Waals surface area contributed by atoms with Crippen LogP contribution in [0.4, 0.5) is 17.6 Å². The molecular weight excluding hydrogens is 444 g/mol. The number of esters is 1. The molecule has 9 nitrogen and oxygen atoms in total. The van der Waals surface area contributed by atoms with Gasteiger partial charge in [0.25, 0.3) is 0 Å². The van der Waals surface area contributed by atoms with Gasteiger partial charge in [-0.1, -0.05) is 23.9 Å². The summed E-state index contributed by atoms with van der Waals surface area (Å²) in [5.41, 5.74) is 0.476. The topological polar surface area (TPSA) is 96.4 Å². The largest absolute Gasteiger partial charge is 0.464 e. The van der Waals surface area contributed by atoms with E-state index in [9.17, 15) is 22.4 Å². The molecule has 14 heteroatoms. The summed E-state index contributed by atoms with van der Waals surface area (Å²) in [7, 11) is 1.25. The highest BCUT2D eigenvalue weighted by Crippen LogP contribution is 2.27. The highest BCUT2D eigenvalue weighted by Gasteiger charge is 2.43. The number of methoxy groups -OCH3 is 1. The van der Waals surface area contributed by atoms with Crippen molar-refractivity contribution in [1.82, 2.24) is 24.7 Å². The van der Waals surface area contributed by atoms with Crippen LogP contribution in [0, 0.1) is 0 Å². The molecule has 2 heterocycles. The molecule has 0 unspecified atom stereocenters. The van der Waals surface area contributed by atoms with Gasteiger partial charge in [0.15, 0.2) is 5.69 Å². The average molecular weight is 458 g/mol. The SMILES string of the molecule is COC(=O)c1ccn(CSc2nncn2/N=C\c2cccc(OC(F)(F)C(F)F)c2)n1. The molecule has 1 aromatic carbocycles. The van der Waals surface area contributed by atoms with Gasteiger partial charge in [0, 0.05) is 6.20 Å². The van der Waals surface area contributed by atoms with Gasteiger partial charge in [0.2, 0.25) is 5.16 Å². The zero-order valence-electron chi connectivity index (χ0n) is 15.7. The minimum Gasteiger partial charge on any atom is -0.464 e. The first-order valence-electron chi connectivity index (χ1n) is 8.42. The van der Waals surface area contributed by atoms with Crippen molar-refractivity contribution in [2.75, 3.05) is 7.11 Å². The molecule has 3 rings (SSSR count). The third kappa shape index (κ3) is 5.81. The number of nitrogens with zero attached hydrogens (tertiary/aromatic N) is 6. The number of halogens is 4. The molecule has 0 aliphatic rings. The Morgan fingerprint density at radius 1 is 1.35 bits per heavy atom. The number of benzene rings is 1. The Labute approximate surface area is 176 Å². The predicted molar refractivity (Wildman–Crippen MR) is 100 cm³/mol. The van der Waals surface area contributed by atoms with Gasteiger partial charge >= 0.3 is 18.5 Å². The van der Waals surface area contributed by atoms with E-state index in [4.69, 9.17) is 0 Å². The molecule has 0 atom stereocenters. The van der Waals surface area contributed by atoms with Crippen molar-refractivity contribution < 1.29 is 31.8 Å². The smallest absolute Gasteiger partial charge is 0.461 e. The number of hydrogen-bond donors (Lipinski definition) is 0. The molecule has 0 radical (unpaired) electrons. The second-order valence-corrected chi connectivity index (χ2v) is 6.66. The lowest BCUT2D eigenvalue weighted by Crippen LogP contribution is -2.33. The maximum absolute atomic E-state index is 13.1. The van der Waals surface area contributed by atoms with E-state index >= 15 is 0 Å². The Kier molecular flexibility index (Phi) is 6.89. The molecule has 0 saturated heterocycles. The van der Waals surface area contributed by atoms with Crippen LogP contribution in [0.1, 0.15) is 16.1 Å². The second-order valence-electron chi connectivity index (χ2n) is 5.75. The first-order valence-corrected chi connectivity index (χ1v) is 9.41. The second kappa shape index (κ2) is 9.59. The summed E-state index contributed by atoms with van der Waals surface area (Å²) in [6, 6.07) is 6.64. The number of hydrogen-bond acceptors (Lipinski definition) is 8. The number of thioether (sulfide) groups is 1. The summed E-state index contributed by atoms with van der Waals surface area (Å²) < 4.78 is 62.1. The van der Waals surface area contributed by atoms with Crippen molar-refractivity contribution in [3.05, 3.63) is 54.1 Å². The lowest BCUT2D eigenvalue weighted by atomic mass is 10.2. The van der Waals surface area contributed by atoms with Gasteiger partial charge in [-0.05, 0) is 23.8 Å². The molecule has 0 amide bonds. The Morgan fingerprint density at radius 3 is 2.90 bits per heavy atom. The van der Waals surface area contributed by atoms with Crippen LogP contribution in [-0.2, 0) is 10.6 Å². The van der Waals surface area contributed by atoms with Crippen LogP contribution in [0.25, 0.3) is 0 Å². The van der Waals surface area contributed by atoms with Gasteiger partial charge in [-0.2, -0.15) is 32.4 Å². The summed E-state index contributed by atoms with van der Waals surface area (Å²) in [5.74, 6) is -0.709. The van der Waals surface area contributed by atoms with Crippen LogP contribution < -0.4 is 4.74 Å². The average Bonchev–Trinajstić information content (AvgIpc) is 3.39. The fourth-order valence-corrected chi connectivity index (χ4v) is 2.88. The van der Waals surface area contributed by atoms with Gasteiger partial charge in [0.1, 0.15) is 12.1 Å². The fraction of sp³-hybridized carbons (Fsp3) is 0.235. The van der Waals surface area contributed by atoms with Crippen molar-refractivity contribution in [1.29, 1.82) is 0 Å². The molecule has 0 N–H and O–H groups in total. The molecule has 0 aliphatic carbocycles. The maximum Gasteiger partial charge on any atom is 0.461 e. The minimum absolute atomic E-state index is 0.155. The molecule has 2 aromatic heterocycles. The molecule has 0 aliphatic heterocycles. The van der Waals surface area contributed by atoms with Gasteiger partial charge in [0.05, 0.1) is 19.2 Å². The first kappa shape index (κ1) is 22.3. The summed E-state index contributed by atoms with van der Waals surface area (Å²) in [6.07, 6.45) is -4.37. The number of ether oxygens (including phenoxy) is 2. The summed E-state index contributed by atoms with van der Waals surface area (Å²) in [6.45, 7) is 0. The van der Waals surface area contributed by atoms with Gasteiger partial charge in [-0.25, -0.2) is 4.79 Å². The van der Waals surface area contributed by atoms with E-state index in [0.717, 1.165) is 12.1 Å². The van der Waals surface area contributed by atoms with E-state index < -0.39 is 24.3 Å². The standard InChI is InChI=1S/C17H14F4N6O3S/c1-29-14(28)13-5-6-26(25-13)10-31-16-24-22-9-27(16)23-8-11-3-2-4-12(7-11)30-17(20,21)15(18)19/h2-9,15H,10H2,1H3/b23-8-. The van der Waals surface area contributed by atoms with Crippen LogP contribution >= 0.6 is 11.8 Å². The first-order chi connectivity index (χ1) is 14.8. The molecule has 0 bridgehead atoms. The predicted octanol–water partition coefficient (Wildman–Crippen LogP) is 3.13. The molecule has 164 valence electrons. The van der Waals surface area contributed by atoms with Crippen LogP contribution in [-0.4, -0.2) is 56.5 Å².